The van der Waals surface area contributed by atoms with Crippen LogP contribution in [0.15, 0.2) is 0 Å². The average molecular weight is 283 g/mol. The molecule has 0 amide bonds. The largest absolute Gasteiger partial charge is 0.548 e. The van der Waals surface area contributed by atoms with Crippen molar-refractivity contribution in [3.8, 4) is 0 Å². The standard InChI is InChI=1S/C8H13IO3/c9-6-1-3-7(4-2-6)12-5-8(10)11/h6-7H,1-5H2,(H,10,11)/p-1. The molecule has 1 aliphatic carbocycles. The zero-order valence-corrected chi connectivity index (χ0v) is 8.95. The summed E-state index contributed by atoms with van der Waals surface area (Å²) < 4.78 is 5.87. The van der Waals surface area contributed by atoms with Gasteiger partial charge in [-0.3, -0.25) is 0 Å². The van der Waals surface area contributed by atoms with Crippen LogP contribution in [0.5, 0.6) is 0 Å². The molecule has 0 bridgehead atoms. The Morgan fingerprint density at radius 3 is 2.50 bits per heavy atom. The summed E-state index contributed by atoms with van der Waals surface area (Å²) in [6.45, 7) is -0.253. The molecule has 1 aliphatic rings. The maximum absolute atomic E-state index is 10.1. The van der Waals surface area contributed by atoms with E-state index in [4.69, 9.17) is 4.74 Å². The molecular formula is C8H12IO3-. The van der Waals surface area contributed by atoms with Crippen molar-refractivity contribution >= 4 is 28.6 Å². The molecule has 0 spiro atoms. The number of ether oxygens (including phenoxy) is 1. The molecule has 0 heterocycles. The third-order valence-corrected chi connectivity index (χ3v) is 3.29. The van der Waals surface area contributed by atoms with E-state index < -0.39 is 5.97 Å². The molecule has 0 aromatic carbocycles. The Morgan fingerprint density at radius 1 is 1.42 bits per heavy atom. The van der Waals surface area contributed by atoms with Crippen molar-refractivity contribution in [1.82, 2.24) is 0 Å². The molecule has 0 radical (unpaired) electrons. The van der Waals surface area contributed by atoms with Crippen LogP contribution in [0.25, 0.3) is 0 Å². The highest BCUT2D eigenvalue weighted by Gasteiger charge is 2.19. The molecule has 0 aliphatic heterocycles. The number of carboxylic acid groups (broad SMARTS) is 1. The van der Waals surface area contributed by atoms with E-state index in [0.29, 0.717) is 0 Å². The summed E-state index contributed by atoms with van der Waals surface area (Å²) in [6.07, 6.45) is 4.40. The molecule has 0 aromatic rings. The highest BCUT2D eigenvalue weighted by molar-refractivity contribution is 14.1. The molecule has 3 nitrogen and oxygen atoms in total. The fraction of sp³-hybridized carbons (Fsp3) is 0.875. The maximum atomic E-state index is 10.1. The van der Waals surface area contributed by atoms with Crippen LogP contribution in [-0.4, -0.2) is 22.6 Å². The van der Waals surface area contributed by atoms with Gasteiger partial charge in [-0.25, -0.2) is 0 Å². The molecular weight excluding hydrogens is 271 g/mol. The molecule has 12 heavy (non-hydrogen) atoms. The highest BCUT2D eigenvalue weighted by atomic mass is 127. The van der Waals surface area contributed by atoms with E-state index in [-0.39, 0.29) is 12.7 Å². The lowest BCUT2D eigenvalue weighted by atomic mass is 9.98. The fourth-order valence-corrected chi connectivity index (χ4v) is 2.09. The topological polar surface area (TPSA) is 49.4 Å². The summed E-state index contributed by atoms with van der Waals surface area (Å²) in [5.41, 5.74) is 0. The lowest BCUT2D eigenvalue weighted by molar-refractivity contribution is -0.310. The highest BCUT2D eigenvalue weighted by Crippen LogP contribution is 2.26. The number of aliphatic carboxylic acids is 1. The number of hydrogen-bond acceptors (Lipinski definition) is 3. The first-order valence-electron chi connectivity index (χ1n) is 4.14. The van der Waals surface area contributed by atoms with Gasteiger partial charge in [0.25, 0.3) is 0 Å². The zero-order valence-electron chi connectivity index (χ0n) is 6.79. The molecule has 1 saturated carbocycles. The lowest BCUT2D eigenvalue weighted by Crippen LogP contribution is -2.31. The Hall–Kier alpha value is 0.160. The minimum Gasteiger partial charge on any atom is -0.548 e. The molecule has 1 fully saturated rings. The quantitative estimate of drug-likeness (QED) is 0.560. The van der Waals surface area contributed by atoms with Crippen molar-refractivity contribution < 1.29 is 14.6 Å². The van der Waals surface area contributed by atoms with Gasteiger partial charge in [-0.05, 0) is 25.7 Å². The van der Waals surface area contributed by atoms with Crippen LogP contribution in [-0.2, 0) is 9.53 Å². The Kier molecular flexibility index (Phi) is 4.28. The van der Waals surface area contributed by atoms with E-state index in [1.807, 2.05) is 0 Å². The Morgan fingerprint density at radius 2 is 2.00 bits per heavy atom. The second-order valence-corrected chi connectivity index (χ2v) is 4.82. The van der Waals surface area contributed by atoms with Crippen molar-refractivity contribution in [3.05, 3.63) is 0 Å². The number of rotatable bonds is 3. The summed E-state index contributed by atoms with van der Waals surface area (Å²) in [4.78, 5) is 10.1. The fourth-order valence-electron chi connectivity index (χ4n) is 1.37. The molecule has 0 unspecified atom stereocenters. The molecule has 0 aromatic heterocycles. The zero-order chi connectivity index (χ0) is 8.97. The van der Waals surface area contributed by atoms with E-state index in [0.717, 1.165) is 29.6 Å². The molecule has 1 rings (SSSR count). The molecule has 4 heteroatoms. The number of carbonyl (C=O) groups is 1. The number of halogens is 1. The predicted molar refractivity (Wildman–Crippen MR) is 51.0 cm³/mol. The van der Waals surface area contributed by atoms with Crippen LogP contribution in [0.4, 0.5) is 0 Å². The average Bonchev–Trinajstić information content (AvgIpc) is 2.03. The summed E-state index contributed by atoms with van der Waals surface area (Å²) in [5.74, 6) is -1.12. The van der Waals surface area contributed by atoms with Crippen LogP contribution in [0.1, 0.15) is 25.7 Å². The predicted octanol–water partition coefficient (Wildman–Crippen LogP) is 0.499. The van der Waals surface area contributed by atoms with Crippen molar-refractivity contribution in [1.29, 1.82) is 0 Å². The second kappa shape index (κ2) is 5.01. The molecule has 0 N–H and O–H groups in total. The van der Waals surface area contributed by atoms with Crippen molar-refractivity contribution in [2.75, 3.05) is 6.61 Å². The van der Waals surface area contributed by atoms with Crippen molar-refractivity contribution in [3.63, 3.8) is 0 Å². The first-order valence-corrected chi connectivity index (χ1v) is 5.38. The number of carboxylic acids is 1. The van der Waals surface area contributed by atoms with E-state index >= 15 is 0 Å². The minimum absolute atomic E-state index is 0.147. The first-order chi connectivity index (χ1) is 5.68. The van der Waals surface area contributed by atoms with Gasteiger partial charge in [0, 0.05) is 3.92 Å². The lowest BCUT2D eigenvalue weighted by Gasteiger charge is -2.25. The van der Waals surface area contributed by atoms with E-state index in [1.165, 1.54) is 0 Å². The van der Waals surface area contributed by atoms with Gasteiger partial charge in [0.2, 0.25) is 0 Å². The van der Waals surface area contributed by atoms with Crippen LogP contribution in [0, 0.1) is 0 Å². The third kappa shape index (κ3) is 3.71. The minimum atomic E-state index is -1.12. The van der Waals surface area contributed by atoms with Gasteiger partial charge < -0.3 is 14.6 Å². The molecule has 0 atom stereocenters. The van der Waals surface area contributed by atoms with Crippen LogP contribution >= 0.6 is 22.6 Å². The van der Waals surface area contributed by atoms with Crippen LogP contribution < -0.4 is 5.11 Å². The van der Waals surface area contributed by atoms with Gasteiger partial charge in [0.05, 0.1) is 18.7 Å². The van der Waals surface area contributed by atoms with Gasteiger partial charge in [-0.2, -0.15) is 0 Å². The van der Waals surface area contributed by atoms with E-state index in [9.17, 15) is 9.90 Å². The Labute approximate surface area is 85.6 Å². The number of alkyl halides is 1. The summed E-state index contributed by atoms with van der Waals surface area (Å²) in [7, 11) is 0. The Bertz CT molecular complexity index is 152. The Balaban J connectivity index is 2.13. The smallest absolute Gasteiger partial charge is 0.0864 e. The van der Waals surface area contributed by atoms with Gasteiger partial charge in [0.1, 0.15) is 0 Å². The van der Waals surface area contributed by atoms with Gasteiger partial charge in [0.15, 0.2) is 0 Å². The third-order valence-electron chi connectivity index (χ3n) is 2.04. The van der Waals surface area contributed by atoms with E-state index in [2.05, 4.69) is 22.6 Å². The molecule has 0 saturated heterocycles. The second-order valence-electron chi connectivity index (χ2n) is 3.06. The van der Waals surface area contributed by atoms with Gasteiger partial charge in [-0.1, -0.05) is 22.6 Å². The summed E-state index contributed by atoms with van der Waals surface area (Å²) in [6, 6.07) is 0. The van der Waals surface area contributed by atoms with Crippen molar-refractivity contribution in [2.24, 2.45) is 0 Å². The normalized spacial score (nSPS) is 30.1. The van der Waals surface area contributed by atoms with Crippen LogP contribution in [0.2, 0.25) is 0 Å². The first kappa shape index (κ1) is 10.2. The van der Waals surface area contributed by atoms with E-state index in [1.54, 1.807) is 0 Å². The number of hydrogen-bond donors (Lipinski definition) is 0. The summed E-state index contributed by atoms with van der Waals surface area (Å²) >= 11 is 2.42. The monoisotopic (exact) mass is 283 g/mol. The van der Waals surface area contributed by atoms with Gasteiger partial charge in [-0.15, -0.1) is 0 Å². The van der Waals surface area contributed by atoms with Gasteiger partial charge >= 0.3 is 0 Å². The molecule has 70 valence electrons. The number of carbonyl (C=O) groups excluding carboxylic acids is 1. The SMILES string of the molecule is O=C([O-])COC1CCC(I)CC1. The van der Waals surface area contributed by atoms with Crippen molar-refractivity contribution in [2.45, 2.75) is 35.7 Å². The maximum Gasteiger partial charge on any atom is 0.0864 e. The van der Waals surface area contributed by atoms with Crippen LogP contribution in [0.3, 0.4) is 0 Å². The summed E-state index contributed by atoms with van der Waals surface area (Å²) in [5, 5.41) is 10.1.